The van der Waals surface area contributed by atoms with Crippen LogP contribution >= 0.6 is 0 Å². The molecular weight excluding hydrogens is 402 g/mol. The Hall–Kier alpha value is -3.81. The van der Waals surface area contributed by atoms with Gasteiger partial charge in [-0.15, -0.1) is 0 Å². The first-order valence-corrected chi connectivity index (χ1v) is 9.66. The number of methoxy groups -OCH3 is 1. The van der Waals surface area contributed by atoms with E-state index in [1.165, 1.54) is 6.07 Å². The number of carbonyl (C=O) groups is 3. The van der Waals surface area contributed by atoms with Crippen LogP contribution in [0.2, 0.25) is 0 Å². The number of hydrogen-bond acceptors (Lipinski definition) is 6. The summed E-state index contributed by atoms with van der Waals surface area (Å²) in [6.07, 6.45) is 1.62. The monoisotopic (exact) mass is 425 g/mol. The smallest absolute Gasteiger partial charge is 0.326 e. The zero-order chi connectivity index (χ0) is 22.5. The Kier molecular flexibility index (Phi) is 6.59. The third kappa shape index (κ3) is 5.22. The number of rotatable bonds is 8. The summed E-state index contributed by atoms with van der Waals surface area (Å²) in [4.78, 5) is 35.8. The maximum atomic E-state index is 12.6. The number of hydrogen-bond donors (Lipinski definition) is 2. The van der Waals surface area contributed by atoms with Crippen molar-refractivity contribution in [1.82, 2.24) is 5.32 Å². The molecule has 1 atom stereocenters. The fourth-order valence-electron chi connectivity index (χ4n) is 3.02. The highest BCUT2D eigenvalue weighted by atomic mass is 16.5. The fraction of sp³-hybridized carbons (Fsp3) is 0.261. The van der Waals surface area contributed by atoms with Crippen molar-refractivity contribution in [2.45, 2.75) is 19.9 Å². The summed E-state index contributed by atoms with van der Waals surface area (Å²) in [5.74, 6) is -0.726. The summed E-state index contributed by atoms with van der Waals surface area (Å²) < 4.78 is 16.3. The van der Waals surface area contributed by atoms with E-state index in [2.05, 4.69) is 5.32 Å². The highest BCUT2D eigenvalue weighted by Gasteiger charge is 2.28. The molecule has 1 amide bonds. The van der Waals surface area contributed by atoms with Crippen LogP contribution in [0.25, 0.3) is 6.08 Å². The summed E-state index contributed by atoms with van der Waals surface area (Å²) in [6, 6.07) is 10.8. The molecule has 162 valence electrons. The third-order valence-corrected chi connectivity index (χ3v) is 4.65. The number of amides is 1. The lowest BCUT2D eigenvalue weighted by Gasteiger charge is -2.18. The van der Waals surface area contributed by atoms with E-state index < -0.39 is 17.9 Å². The van der Waals surface area contributed by atoms with Crippen molar-refractivity contribution in [3.63, 3.8) is 0 Å². The number of fused-ring (bicyclic) bond motifs is 1. The van der Waals surface area contributed by atoms with Gasteiger partial charge in [0.05, 0.1) is 12.7 Å². The molecule has 0 saturated heterocycles. The van der Waals surface area contributed by atoms with Crippen molar-refractivity contribution in [2.24, 2.45) is 5.92 Å². The van der Waals surface area contributed by atoms with E-state index >= 15 is 0 Å². The molecule has 1 aliphatic rings. The van der Waals surface area contributed by atoms with Crippen LogP contribution in [-0.2, 0) is 9.59 Å². The van der Waals surface area contributed by atoms with Gasteiger partial charge in [-0.25, -0.2) is 4.79 Å². The molecule has 1 heterocycles. The molecule has 2 N–H and O–H groups in total. The normalized spacial score (nSPS) is 14.7. The van der Waals surface area contributed by atoms with E-state index in [4.69, 9.17) is 19.3 Å². The van der Waals surface area contributed by atoms with Crippen molar-refractivity contribution < 1.29 is 33.7 Å². The number of ketones is 1. The van der Waals surface area contributed by atoms with Gasteiger partial charge in [0, 0.05) is 6.07 Å². The van der Waals surface area contributed by atoms with Crippen LogP contribution in [0.3, 0.4) is 0 Å². The molecule has 0 bridgehead atoms. The van der Waals surface area contributed by atoms with Crippen LogP contribution < -0.4 is 19.5 Å². The summed E-state index contributed by atoms with van der Waals surface area (Å²) >= 11 is 0. The number of ether oxygens (including phenoxy) is 3. The van der Waals surface area contributed by atoms with Crippen molar-refractivity contribution >= 4 is 23.7 Å². The molecule has 2 aromatic carbocycles. The second kappa shape index (κ2) is 9.34. The molecule has 2 aromatic rings. The number of carbonyl (C=O) groups excluding carboxylic acids is 2. The molecule has 0 unspecified atom stereocenters. The number of nitrogens with one attached hydrogen (secondary N) is 1. The Morgan fingerprint density at radius 1 is 1.16 bits per heavy atom. The van der Waals surface area contributed by atoms with Crippen LogP contribution in [0, 0.1) is 5.92 Å². The summed E-state index contributed by atoms with van der Waals surface area (Å²) in [5, 5.41) is 11.6. The summed E-state index contributed by atoms with van der Waals surface area (Å²) in [5.41, 5.74) is 1.14. The molecule has 0 spiro atoms. The number of carboxylic acid groups (broad SMARTS) is 1. The van der Waals surface area contributed by atoms with Gasteiger partial charge in [-0.3, -0.25) is 9.59 Å². The molecule has 0 radical (unpaired) electrons. The summed E-state index contributed by atoms with van der Waals surface area (Å²) in [6.45, 7) is 3.03. The Bertz CT molecular complexity index is 1040. The Labute approximate surface area is 179 Å². The average Bonchev–Trinajstić information content (AvgIpc) is 3.04. The third-order valence-electron chi connectivity index (χ3n) is 4.65. The molecule has 0 saturated carbocycles. The lowest BCUT2D eigenvalue weighted by atomic mass is 10.1. The van der Waals surface area contributed by atoms with Crippen LogP contribution in [0.5, 0.6) is 17.2 Å². The van der Waals surface area contributed by atoms with Gasteiger partial charge in [-0.1, -0.05) is 26.0 Å². The van der Waals surface area contributed by atoms with Crippen LogP contribution in [0.1, 0.15) is 29.8 Å². The predicted molar refractivity (Wildman–Crippen MR) is 112 cm³/mol. The molecule has 8 heteroatoms. The van der Waals surface area contributed by atoms with Gasteiger partial charge in [0.25, 0.3) is 5.91 Å². The summed E-state index contributed by atoms with van der Waals surface area (Å²) in [7, 11) is 1.56. The number of aliphatic carboxylic acids is 1. The van der Waals surface area contributed by atoms with Crippen molar-refractivity contribution in [3.8, 4) is 17.2 Å². The molecule has 3 rings (SSSR count). The van der Waals surface area contributed by atoms with Gasteiger partial charge in [0.15, 0.2) is 12.4 Å². The quantitative estimate of drug-likeness (QED) is 0.626. The van der Waals surface area contributed by atoms with Gasteiger partial charge in [-0.2, -0.15) is 0 Å². The van der Waals surface area contributed by atoms with E-state index in [9.17, 15) is 14.4 Å². The zero-order valence-electron chi connectivity index (χ0n) is 17.4. The topological polar surface area (TPSA) is 111 Å². The Morgan fingerprint density at radius 2 is 1.94 bits per heavy atom. The maximum absolute atomic E-state index is 12.6. The first kappa shape index (κ1) is 21.9. The lowest BCUT2D eigenvalue weighted by molar-refractivity contribution is -0.143. The van der Waals surface area contributed by atoms with Gasteiger partial charge in [-0.05, 0) is 41.8 Å². The number of Topliss-reactive ketones (excluding diaryl/α,β-unsaturated/α-hetero) is 1. The second-order valence-corrected chi connectivity index (χ2v) is 7.29. The minimum absolute atomic E-state index is 0.166. The van der Waals surface area contributed by atoms with Gasteiger partial charge >= 0.3 is 5.97 Å². The van der Waals surface area contributed by atoms with Crippen LogP contribution in [-0.4, -0.2) is 42.5 Å². The largest absolute Gasteiger partial charge is 0.497 e. The molecule has 0 fully saturated rings. The van der Waals surface area contributed by atoms with Crippen LogP contribution in [0.15, 0.2) is 48.2 Å². The SMILES string of the molecule is COc1cccc(/C=C2\Oc3cc(OCC(=O)N[C@H](C(=O)O)C(C)C)ccc3C2=O)c1. The predicted octanol–water partition coefficient (Wildman–Crippen LogP) is 2.92. The van der Waals surface area contributed by atoms with Gasteiger partial charge in [0.1, 0.15) is 23.3 Å². The molecule has 0 aromatic heterocycles. The second-order valence-electron chi connectivity index (χ2n) is 7.29. The molecule has 8 nitrogen and oxygen atoms in total. The lowest BCUT2D eigenvalue weighted by Crippen LogP contribution is -2.46. The minimum Gasteiger partial charge on any atom is -0.497 e. The van der Waals surface area contributed by atoms with E-state index in [0.29, 0.717) is 22.8 Å². The van der Waals surface area contributed by atoms with Crippen molar-refractivity contribution in [3.05, 3.63) is 59.4 Å². The van der Waals surface area contributed by atoms with E-state index in [-0.39, 0.29) is 24.1 Å². The Balaban J connectivity index is 1.67. The maximum Gasteiger partial charge on any atom is 0.326 e. The fourth-order valence-corrected chi connectivity index (χ4v) is 3.02. The van der Waals surface area contributed by atoms with E-state index in [1.807, 2.05) is 12.1 Å². The number of carboxylic acids is 1. The number of allylic oxidation sites excluding steroid dienone is 1. The van der Waals surface area contributed by atoms with Gasteiger partial charge < -0.3 is 24.6 Å². The average molecular weight is 425 g/mol. The standard InChI is InChI=1S/C23H23NO7/c1-13(2)21(23(27)28)24-20(25)12-30-16-7-8-17-18(11-16)31-19(22(17)26)10-14-5-4-6-15(9-14)29-3/h4-11,13,21H,12H2,1-3H3,(H,24,25)(H,27,28)/b19-10-/t21-/m0/s1. The highest BCUT2D eigenvalue weighted by Crippen LogP contribution is 2.35. The molecule has 31 heavy (non-hydrogen) atoms. The molecule has 1 aliphatic heterocycles. The number of benzene rings is 2. The first-order chi connectivity index (χ1) is 14.8. The van der Waals surface area contributed by atoms with E-state index in [1.54, 1.807) is 51.3 Å². The van der Waals surface area contributed by atoms with Crippen molar-refractivity contribution in [1.29, 1.82) is 0 Å². The zero-order valence-corrected chi connectivity index (χ0v) is 17.4. The molecule has 0 aliphatic carbocycles. The Morgan fingerprint density at radius 3 is 2.61 bits per heavy atom. The van der Waals surface area contributed by atoms with Crippen molar-refractivity contribution in [2.75, 3.05) is 13.7 Å². The first-order valence-electron chi connectivity index (χ1n) is 9.66. The molecular formula is C23H23NO7. The minimum atomic E-state index is -1.11. The van der Waals surface area contributed by atoms with E-state index in [0.717, 1.165) is 5.56 Å². The van der Waals surface area contributed by atoms with Gasteiger partial charge in [0.2, 0.25) is 5.78 Å². The highest BCUT2D eigenvalue weighted by molar-refractivity contribution is 6.14. The van der Waals surface area contributed by atoms with Crippen LogP contribution in [0.4, 0.5) is 0 Å².